The summed E-state index contributed by atoms with van der Waals surface area (Å²) < 4.78 is 4.17. The second kappa shape index (κ2) is 7.86. The SMILES string of the molecule is CSc1c(N)nsc1NCCCCN(C)C(C)C. The number of nitrogens with two attached hydrogens (primary N) is 1. The standard InChI is InChI=1S/C12H24N4S2/c1-9(2)16(3)8-6-5-7-14-12-10(17-4)11(13)15-18-12/h9,14H,5-8H2,1-4H3,(H2,13,15). The molecule has 0 radical (unpaired) electrons. The number of nitrogens with zero attached hydrogens (tertiary/aromatic N) is 2. The Hall–Kier alpha value is -0.460. The van der Waals surface area contributed by atoms with Crippen LogP contribution in [0.1, 0.15) is 26.7 Å². The smallest absolute Gasteiger partial charge is 0.153 e. The fraction of sp³-hybridized carbons (Fsp3) is 0.750. The molecule has 18 heavy (non-hydrogen) atoms. The largest absolute Gasteiger partial charge is 0.382 e. The molecule has 0 saturated carbocycles. The summed E-state index contributed by atoms with van der Waals surface area (Å²) in [5, 5.41) is 4.53. The van der Waals surface area contributed by atoms with Gasteiger partial charge in [0.2, 0.25) is 0 Å². The quantitative estimate of drug-likeness (QED) is 0.569. The van der Waals surface area contributed by atoms with Crippen molar-refractivity contribution in [1.82, 2.24) is 9.27 Å². The van der Waals surface area contributed by atoms with E-state index in [2.05, 4.69) is 35.5 Å². The van der Waals surface area contributed by atoms with Gasteiger partial charge in [0.1, 0.15) is 5.00 Å². The fourth-order valence-corrected chi connectivity index (χ4v) is 3.12. The molecule has 3 N–H and O–H groups in total. The molecule has 0 atom stereocenters. The molecule has 104 valence electrons. The van der Waals surface area contributed by atoms with Crippen molar-refractivity contribution in [3.8, 4) is 0 Å². The number of nitrogens with one attached hydrogen (secondary N) is 1. The van der Waals surface area contributed by atoms with E-state index in [0.717, 1.165) is 23.0 Å². The minimum Gasteiger partial charge on any atom is -0.382 e. The molecule has 4 nitrogen and oxygen atoms in total. The highest BCUT2D eigenvalue weighted by atomic mass is 32.2. The summed E-state index contributed by atoms with van der Waals surface area (Å²) >= 11 is 3.11. The highest BCUT2D eigenvalue weighted by Crippen LogP contribution is 2.34. The monoisotopic (exact) mass is 288 g/mol. The molecule has 1 aromatic rings. The van der Waals surface area contributed by atoms with Gasteiger partial charge in [-0.05, 0) is 58.1 Å². The van der Waals surface area contributed by atoms with Crippen LogP contribution in [0.3, 0.4) is 0 Å². The normalized spacial score (nSPS) is 11.4. The molecule has 1 rings (SSSR count). The molecule has 1 aromatic heterocycles. The minimum atomic E-state index is 0.627. The first kappa shape index (κ1) is 15.6. The van der Waals surface area contributed by atoms with E-state index in [1.807, 2.05) is 6.26 Å². The van der Waals surface area contributed by atoms with Gasteiger partial charge in [0, 0.05) is 12.6 Å². The van der Waals surface area contributed by atoms with E-state index in [1.54, 1.807) is 11.8 Å². The number of aromatic nitrogens is 1. The Labute approximate surface area is 118 Å². The number of rotatable bonds is 8. The molecule has 0 saturated heterocycles. The lowest BCUT2D eigenvalue weighted by Gasteiger charge is -2.20. The molecule has 0 aromatic carbocycles. The van der Waals surface area contributed by atoms with Gasteiger partial charge in [-0.25, -0.2) is 0 Å². The average Bonchev–Trinajstić information content (AvgIpc) is 2.69. The Morgan fingerprint density at radius 2 is 2.17 bits per heavy atom. The summed E-state index contributed by atoms with van der Waals surface area (Å²) in [6, 6.07) is 0.627. The number of thioether (sulfide) groups is 1. The van der Waals surface area contributed by atoms with E-state index in [-0.39, 0.29) is 0 Å². The third-order valence-electron chi connectivity index (χ3n) is 2.98. The van der Waals surface area contributed by atoms with Crippen molar-refractivity contribution in [3.05, 3.63) is 0 Å². The Morgan fingerprint density at radius 1 is 1.44 bits per heavy atom. The molecule has 1 heterocycles. The zero-order valence-corrected chi connectivity index (χ0v) is 13.3. The summed E-state index contributed by atoms with van der Waals surface area (Å²) in [7, 11) is 2.17. The van der Waals surface area contributed by atoms with Gasteiger partial charge >= 0.3 is 0 Å². The van der Waals surface area contributed by atoms with E-state index < -0.39 is 0 Å². The van der Waals surface area contributed by atoms with Crippen molar-refractivity contribution in [3.63, 3.8) is 0 Å². The van der Waals surface area contributed by atoms with E-state index in [4.69, 9.17) is 5.73 Å². The summed E-state index contributed by atoms with van der Waals surface area (Å²) in [5.41, 5.74) is 5.79. The summed E-state index contributed by atoms with van der Waals surface area (Å²) in [6.45, 7) is 6.59. The van der Waals surface area contributed by atoms with E-state index >= 15 is 0 Å². The van der Waals surface area contributed by atoms with Crippen LogP contribution in [0.5, 0.6) is 0 Å². The Bertz CT molecular complexity index is 352. The van der Waals surface area contributed by atoms with Crippen LogP contribution >= 0.6 is 23.3 Å². The van der Waals surface area contributed by atoms with Gasteiger partial charge in [0.15, 0.2) is 5.82 Å². The molecular formula is C12H24N4S2. The van der Waals surface area contributed by atoms with E-state index in [9.17, 15) is 0 Å². The predicted molar refractivity (Wildman–Crippen MR) is 83.8 cm³/mol. The maximum absolute atomic E-state index is 5.79. The molecule has 0 fully saturated rings. The summed E-state index contributed by atoms with van der Waals surface area (Å²) in [6.07, 6.45) is 4.41. The van der Waals surface area contributed by atoms with Gasteiger partial charge in [0.05, 0.1) is 4.90 Å². The Kier molecular flexibility index (Phi) is 6.81. The van der Waals surface area contributed by atoms with Crippen molar-refractivity contribution in [1.29, 1.82) is 0 Å². The van der Waals surface area contributed by atoms with Gasteiger partial charge in [-0.15, -0.1) is 11.8 Å². The highest BCUT2D eigenvalue weighted by Gasteiger charge is 2.09. The van der Waals surface area contributed by atoms with Crippen LogP contribution in [-0.4, -0.2) is 41.7 Å². The lowest BCUT2D eigenvalue weighted by Crippen LogP contribution is -2.27. The zero-order valence-electron chi connectivity index (χ0n) is 11.7. The first-order valence-corrected chi connectivity index (χ1v) is 8.29. The van der Waals surface area contributed by atoms with Gasteiger partial charge in [0.25, 0.3) is 0 Å². The number of nitrogen functional groups attached to an aromatic ring is 1. The number of hydrogen-bond acceptors (Lipinski definition) is 6. The van der Waals surface area contributed by atoms with Gasteiger partial charge in [-0.1, -0.05) is 0 Å². The summed E-state index contributed by atoms with van der Waals surface area (Å²) in [4.78, 5) is 3.46. The van der Waals surface area contributed by atoms with Crippen LogP contribution in [-0.2, 0) is 0 Å². The number of hydrogen-bond donors (Lipinski definition) is 2. The maximum Gasteiger partial charge on any atom is 0.153 e. The molecular weight excluding hydrogens is 264 g/mol. The minimum absolute atomic E-state index is 0.627. The Balaban J connectivity index is 2.22. The lowest BCUT2D eigenvalue weighted by atomic mass is 10.2. The topological polar surface area (TPSA) is 54.2 Å². The first-order valence-electron chi connectivity index (χ1n) is 6.29. The predicted octanol–water partition coefficient (Wildman–Crippen LogP) is 2.98. The lowest BCUT2D eigenvalue weighted by molar-refractivity contribution is 0.269. The van der Waals surface area contributed by atoms with Crippen molar-refractivity contribution < 1.29 is 0 Å². The van der Waals surface area contributed by atoms with Crippen LogP contribution in [0.15, 0.2) is 4.90 Å². The number of anilines is 2. The van der Waals surface area contributed by atoms with Crippen molar-refractivity contribution >= 4 is 34.1 Å². The van der Waals surface area contributed by atoms with Crippen LogP contribution in [0.25, 0.3) is 0 Å². The van der Waals surface area contributed by atoms with Gasteiger partial charge < -0.3 is 16.0 Å². The molecule has 6 heteroatoms. The van der Waals surface area contributed by atoms with Crippen molar-refractivity contribution in [2.24, 2.45) is 0 Å². The van der Waals surface area contributed by atoms with Crippen molar-refractivity contribution in [2.75, 3.05) is 37.4 Å². The third-order valence-corrected chi connectivity index (χ3v) is 4.75. The van der Waals surface area contributed by atoms with Gasteiger partial charge in [-0.3, -0.25) is 0 Å². The van der Waals surface area contributed by atoms with Crippen LogP contribution in [0.4, 0.5) is 10.8 Å². The third kappa shape index (κ3) is 4.66. The second-order valence-electron chi connectivity index (χ2n) is 4.64. The molecule has 0 aliphatic heterocycles. The molecule has 0 bridgehead atoms. The molecule has 0 spiro atoms. The second-order valence-corrected chi connectivity index (χ2v) is 6.23. The molecule has 0 aliphatic rings. The van der Waals surface area contributed by atoms with Crippen LogP contribution in [0, 0.1) is 0 Å². The van der Waals surface area contributed by atoms with E-state index in [1.165, 1.54) is 24.4 Å². The highest BCUT2D eigenvalue weighted by molar-refractivity contribution is 7.99. The first-order chi connectivity index (χ1) is 8.56. The molecule has 0 unspecified atom stereocenters. The molecule has 0 aliphatic carbocycles. The molecule has 0 amide bonds. The maximum atomic E-state index is 5.79. The Morgan fingerprint density at radius 3 is 2.78 bits per heavy atom. The van der Waals surface area contributed by atoms with Gasteiger partial charge in [-0.2, -0.15) is 4.37 Å². The summed E-state index contributed by atoms with van der Waals surface area (Å²) in [5.74, 6) is 0.648. The van der Waals surface area contributed by atoms with E-state index in [0.29, 0.717) is 11.9 Å². The average molecular weight is 288 g/mol. The zero-order chi connectivity index (χ0) is 13.5. The number of unbranched alkanes of at least 4 members (excludes halogenated alkanes) is 1. The van der Waals surface area contributed by atoms with Crippen molar-refractivity contribution in [2.45, 2.75) is 37.6 Å². The van der Waals surface area contributed by atoms with Crippen LogP contribution < -0.4 is 11.1 Å². The fourth-order valence-electron chi connectivity index (χ4n) is 1.55. The van der Waals surface area contributed by atoms with Crippen LogP contribution in [0.2, 0.25) is 0 Å².